The van der Waals surface area contributed by atoms with E-state index in [4.69, 9.17) is 21.3 Å². The number of nitrogens with zero attached hydrogens (tertiary/aromatic N) is 3. The monoisotopic (exact) mass is 493 g/mol. The Balaban J connectivity index is 0.00000289. The average Bonchev–Trinajstić information content (AvgIpc) is 3.17. The number of hydrogen-bond acceptors (Lipinski definition) is 5. The van der Waals surface area contributed by atoms with Crippen LogP contribution in [0.3, 0.4) is 0 Å². The molecule has 0 N–H and O–H groups in total. The summed E-state index contributed by atoms with van der Waals surface area (Å²) in [5, 5.41) is 1.43. The number of amides is 1. The van der Waals surface area contributed by atoms with Gasteiger partial charge >= 0.3 is 0 Å². The van der Waals surface area contributed by atoms with Crippen molar-refractivity contribution in [2.45, 2.75) is 26.7 Å². The lowest BCUT2D eigenvalue weighted by atomic mass is 10.0. The minimum atomic E-state index is 0. The Hall–Kier alpha value is -1.70. The van der Waals surface area contributed by atoms with Crippen LogP contribution in [0.2, 0.25) is 5.02 Å². The van der Waals surface area contributed by atoms with Crippen LogP contribution in [-0.2, 0) is 16.0 Å². The lowest BCUT2D eigenvalue weighted by Crippen LogP contribution is -2.39. The first-order valence-corrected chi connectivity index (χ1v) is 11.9. The predicted octanol–water partition coefficient (Wildman–Crippen LogP) is 5.29. The van der Waals surface area contributed by atoms with Crippen molar-refractivity contribution in [3.8, 4) is 0 Å². The topological polar surface area (TPSA) is 45.7 Å². The van der Waals surface area contributed by atoms with Crippen molar-refractivity contribution in [1.29, 1.82) is 0 Å². The molecule has 1 amide bonds. The fourth-order valence-electron chi connectivity index (χ4n) is 3.79. The van der Waals surface area contributed by atoms with Gasteiger partial charge in [0.2, 0.25) is 5.91 Å². The van der Waals surface area contributed by atoms with Gasteiger partial charge in [0, 0.05) is 31.2 Å². The molecule has 0 spiro atoms. The summed E-state index contributed by atoms with van der Waals surface area (Å²) >= 11 is 7.68. The standard InChI is InChI=1S/C24H28ClN3O2S.ClH/c1-17-4-5-19(14-18(17)2)15-23(29)28(9-3-8-27-10-12-30-13-11-27)24-26-21-7-6-20(25)16-22(21)31-24;/h4-7,14,16H,3,8-13,15H2,1-2H3;1H. The third-order valence-electron chi connectivity index (χ3n) is 5.76. The SMILES string of the molecule is Cc1ccc(CC(=O)N(CCCN2CCOCC2)c2nc3ccc(Cl)cc3s2)cc1C.Cl. The van der Waals surface area contributed by atoms with E-state index in [0.717, 1.165) is 60.2 Å². The molecule has 1 aliphatic heterocycles. The first kappa shape index (κ1) is 24.9. The maximum atomic E-state index is 13.4. The van der Waals surface area contributed by atoms with Crippen molar-refractivity contribution < 1.29 is 9.53 Å². The molecular weight excluding hydrogens is 465 g/mol. The number of rotatable bonds is 7. The van der Waals surface area contributed by atoms with Gasteiger partial charge in [-0.1, -0.05) is 41.1 Å². The number of morpholine rings is 1. The van der Waals surface area contributed by atoms with Crippen molar-refractivity contribution in [1.82, 2.24) is 9.88 Å². The number of benzene rings is 2. The third-order valence-corrected chi connectivity index (χ3v) is 7.03. The first-order chi connectivity index (χ1) is 15.0. The molecule has 0 bridgehead atoms. The van der Waals surface area contributed by atoms with E-state index in [9.17, 15) is 4.79 Å². The van der Waals surface area contributed by atoms with Crippen molar-refractivity contribution >= 4 is 56.6 Å². The van der Waals surface area contributed by atoms with Crippen LogP contribution in [0.25, 0.3) is 10.2 Å². The summed E-state index contributed by atoms with van der Waals surface area (Å²) in [4.78, 5) is 22.4. The Kier molecular flexibility index (Phi) is 8.91. The molecule has 8 heteroatoms. The molecule has 1 aromatic heterocycles. The molecule has 3 aromatic rings. The normalized spacial score (nSPS) is 14.3. The maximum Gasteiger partial charge on any atom is 0.233 e. The van der Waals surface area contributed by atoms with Gasteiger partial charge in [0.05, 0.1) is 29.9 Å². The van der Waals surface area contributed by atoms with Gasteiger partial charge in [-0.2, -0.15) is 0 Å². The molecule has 0 saturated carbocycles. The number of halogens is 2. The van der Waals surface area contributed by atoms with Gasteiger partial charge in [0.1, 0.15) is 0 Å². The van der Waals surface area contributed by atoms with Crippen LogP contribution in [0, 0.1) is 13.8 Å². The van der Waals surface area contributed by atoms with Crippen molar-refractivity contribution in [2.24, 2.45) is 0 Å². The zero-order valence-corrected chi connectivity index (χ0v) is 20.9. The minimum Gasteiger partial charge on any atom is -0.379 e. The second-order valence-corrected chi connectivity index (χ2v) is 9.50. The number of carbonyl (C=O) groups is 1. The molecule has 32 heavy (non-hydrogen) atoms. The van der Waals surface area contributed by atoms with Gasteiger partial charge in [-0.3, -0.25) is 14.6 Å². The molecule has 1 aliphatic rings. The van der Waals surface area contributed by atoms with Crippen molar-refractivity contribution in [3.63, 3.8) is 0 Å². The smallest absolute Gasteiger partial charge is 0.233 e. The molecule has 2 aromatic carbocycles. The minimum absolute atomic E-state index is 0. The van der Waals surface area contributed by atoms with Gasteiger partial charge in [0.15, 0.2) is 5.13 Å². The molecular formula is C24H29Cl2N3O2S. The van der Waals surface area contributed by atoms with Gasteiger partial charge in [0.25, 0.3) is 0 Å². The highest BCUT2D eigenvalue weighted by Crippen LogP contribution is 2.31. The summed E-state index contributed by atoms with van der Waals surface area (Å²) in [5.74, 6) is 0.0791. The Bertz CT molecular complexity index is 1070. The van der Waals surface area contributed by atoms with Crippen LogP contribution in [0.15, 0.2) is 36.4 Å². The molecule has 1 saturated heterocycles. The summed E-state index contributed by atoms with van der Waals surface area (Å²) in [6.45, 7) is 9.25. The second kappa shape index (κ2) is 11.4. The Morgan fingerprint density at radius 2 is 1.94 bits per heavy atom. The highest BCUT2D eigenvalue weighted by atomic mass is 35.5. The van der Waals surface area contributed by atoms with E-state index in [0.29, 0.717) is 18.0 Å². The van der Waals surface area contributed by atoms with Crippen LogP contribution in [0.1, 0.15) is 23.1 Å². The van der Waals surface area contributed by atoms with E-state index in [1.54, 1.807) is 0 Å². The summed E-state index contributed by atoms with van der Waals surface area (Å²) in [6.07, 6.45) is 1.27. The van der Waals surface area contributed by atoms with Gasteiger partial charge < -0.3 is 4.74 Å². The van der Waals surface area contributed by atoms with E-state index in [2.05, 4.69) is 30.9 Å². The quantitative estimate of drug-likeness (QED) is 0.448. The zero-order valence-electron chi connectivity index (χ0n) is 18.5. The highest BCUT2D eigenvalue weighted by Gasteiger charge is 2.21. The van der Waals surface area contributed by atoms with Crippen LogP contribution < -0.4 is 4.90 Å². The van der Waals surface area contributed by atoms with Crippen LogP contribution in [-0.4, -0.2) is 55.2 Å². The number of ether oxygens (including phenoxy) is 1. The number of hydrogen-bond donors (Lipinski definition) is 0. The van der Waals surface area contributed by atoms with Crippen LogP contribution in [0.5, 0.6) is 0 Å². The Labute approximate surface area is 204 Å². The molecule has 4 rings (SSSR count). The number of carbonyl (C=O) groups excluding carboxylic acids is 1. The summed E-state index contributed by atoms with van der Waals surface area (Å²) in [7, 11) is 0. The molecule has 0 atom stereocenters. The highest BCUT2D eigenvalue weighted by molar-refractivity contribution is 7.22. The molecule has 0 aliphatic carbocycles. The Morgan fingerprint density at radius 3 is 2.69 bits per heavy atom. The van der Waals surface area contributed by atoms with Crippen molar-refractivity contribution in [2.75, 3.05) is 44.3 Å². The fraction of sp³-hybridized carbons (Fsp3) is 0.417. The second-order valence-electron chi connectivity index (χ2n) is 8.06. The van der Waals surface area contributed by atoms with Crippen LogP contribution >= 0.6 is 35.3 Å². The molecule has 1 fully saturated rings. The van der Waals surface area contributed by atoms with Gasteiger partial charge in [-0.15, -0.1) is 12.4 Å². The number of thiazole rings is 1. The number of aryl methyl sites for hydroxylation is 2. The van der Waals surface area contributed by atoms with Gasteiger partial charge in [-0.25, -0.2) is 4.98 Å². The first-order valence-electron chi connectivity index (χ1n) is 10.7. The molecule has 0 radical (unpaired) electrons. The van der Waals surface area contributed by atoms with E-state index >= 15 is 0 Å². The molecule has 2 heterocycles. The number of fused-ring (bicyclic) bond motifs is 1. The molecule has 172 valence electrons. The lowest BCUT2D eigenvalue weighted by Gasteiger charge is -2.27. The summed E-state index contributed by atoms with van der Waals surface area (Å²) in [6, 6.07) is 11.9. The summed E-state index contributed by atoms with van der Waals surface area (Å²) in [5.41, 5.74) is 4.36. The predicted molar refractivity (Wildman–Crippen MR) is 136 cm³/mol. The molecule has 5 nitrogen and oxygen atoms in total. The van der Waals surface area contributed by atoms with E-state index in [1.807, 2.05) is 29.2 Å². The summed E-state index contributed by atoms with van der Waals surface area (Å²) < 4.78 is 6.44. The Morgan fingerprint density at radius 1 is 1.16 bits per heavy atom. The lowest BCUT2D eigenvalue weighted by molar-refractivity contribution is -0.118. The maximum absolute atomic E-state index is 13.4. The third kappa shape index (κ3) is 6.21. The average molecular weight is 494 g/mol. The van der Waals surface area contributed by atoms with E-state index < -0.39 is 0 Å². The van der Waals surface area contributed by atoms with Gasteiger partial charge in [-0.05, 0) is 55.2 Å². The number of anilines is 1. The largest absolute Gasteiger partial charge is 0.379 e. The fourth-order valence-corrected chi connectivity index (χ4v) is 5.07. The molecule has 0 unspecified atom stereocenters. The van der Waals surface area contributed by atoms with Crippen LogP contribution in [0.4, 0.5) is 5.13 Å². The zero-order chi connectivity index (χ0) is 21.8. The van der Waals surface area contributed by atoms with Crippen molar-refractivity contribution in [3.05, 3.63) is 58.1 Å². The number of aromatic nitrogens is 1. The van der Waals surface area contributed by atoms with E-state index in [-0.39, 0.29) is 18.3 Å². The van der Waals surface area contributed by atoms with E-state index in [1.165, 1.54) is 22.5 Å².